The minimum Gasteiger partial charge on any atom is -0.352 e. The molecule has 2 aliphatic carbocycles. The molecule has 0 aromatic rings. The van der Waals surface area contributed by atoms with E-state index in [1.807, 2.05) is 0 Å². The second-order valence-corrected chi connectivity index (χ2v) is 11.1. The van der Waals surface area contributed by atoms with E-state index in [4.69, 9.17) is 0 Å². The summed E-state index contributed by atoms with van der Waals surface area (Å²) < 4.78 is 0. The molecule has 0 saturated heterocycles. The topological polar surface area (TPSA) is 49.4 Å². The Kier molecular flexibility index (Phi) is 10.2. The molecule has 0 aromatic carbocycles. The second kappa shape index (κ2) is 12.1. The zero-order valence-corrected chi connectivity index (χ0v) is 20.5. The van der Waals surface area contributed by atoms with Gasteiger partial charge in [-0.05, 0) is 49.9 Å². The van der Waals surface area contributed by atoms with E-state index in [1.54, 1.807) is 0 Å². The first-order valence-electron chi connectivity index (χ1n) is 12.9. The number of carbonyl (C=O) groups excluding carboxylic acids is 2. The lowest BCUT2D eigenvalue weighted by Crippen LogP contribution is -2.59. The molecule has 176 valence electrons. The van der Waals surface area contributed by atoms with Crippen LogP contribution in [0.25, 0.3) is 0 Å². The van der Waals surface area contributed by atoms with Crippen LogP contribution in [-0.2, 0) is 9.59 Å². The van der Waals surface area contributed by atoms with Crippen molar-refractivity contribution in [1.82, 2.24) is 10.2 Å². The summed E-state index contributed by atoms with van der Waals surface area (Å²) in [6.45, 7) is 10.7. The summed E-state index contributed by atoms with van der Waals surface area (Å²) in [5, 5.41) is 3.37. The summed E-state index contributed by atoms with van der Waals surface area (Å²) in [5.74, 6) is 0.627. The summed E-state index contributed by atoms with van der Waals surface area (Å²) in [4.78, 5) is 29.5. The Labute approximate surface area is 187 Å². The number of nitrogens with one attached hydrogen (secondary N) is 1. The number of hydrogen-bond acceptors (Lipinski definition) is 2. The lowest BCUT2D eigenvalue weighted by molar-refractivity contribution is -0.149. The van der Waals surface area contributed by atoms with Gasteiger partial charge in [0.25, 0.3) is 0 Å². The van der Waals surface area contributed by atoms with Gasteiger partial charge in [0.15, 0.2) is 0 Å². The molecule has 0 radical (unpaired) electrons. The first-order valence-corrected chi connectivity index (χ1v) is 12.9. The monoisotopic (exact) mass is 422 g/mol. The molecule has 0 bridgehead atoms. The molecule has 2 fully saturated rings. The second-order valence-electron chi connectivity index (χ2n) is 11.1. The van der Waals surface area contributed by atoms with Crippen molar-refractivity contribution in [2.24, 2.45) is 11.3 Å². The summed E-state index contributed by atoms with van der Waals surface area (Å²) in [5.41, 5.74) is -0.0637. The lowest BCUT2D eigenvalue weighted by Gasteiger charge is -2.44. The molecule has 0 aliphatic heterocycles. The minimum absolute atomic E-state index is 0. The molecule has 30 heavy (non-hydrogen) atoms. The Bertz CT molecular complexity index is 534. The molecule has 2 aliphatic rings. The Balaban J connectivity index is 0.00000480. The van der Waals surface area contributed by atoms with Gasteiger partial charge in [-0.3, -0.25) is 9.59 Å². The Morgan fingerprint density at radius 1 is 0.967 bits per heavy atom. The van der Waals surface area contributed by atoms with Crippen molar-refractivity contribution < 1.29 is 11.0 Å². The number of carbonyl (C=O) groups is 2. The van der Waals surface area contributed by atoms with Crippen LogP contribution in [0.5, 0.6) is 0 Å². The van der Waals surface area contributed by atoms with Gasteiger partial charge in [0.2, 0.25) is 11.8 Å². The third kappa shape index (κ3) is 7.57. The van der Waals surface area contributed by atoms with Crippen LogP contribution in [0.2, 0.25) is 0 Å². The van der Waals surface area contributed by atoms with Crippen LogP contribution >= 0.6 is 0 Å². The van der Waals surface area contributed by atoms with Gasteiger partial charge in [-0.25, -0.2) is 0 Å². The van der Waals surface area contributed by atoms with Crippen LogP contribution < -0.4 is 5.32 Å². The predicted molar refractivity (Wildman–Crippen MR) is 127 cm³/mol. The fourth-order valence-electron chi connectivity index (χ4n) is 5.52. The van der Waals surface area contributed by atoms with Gasteiger partial charge in [-0.15, -0.1) is 0 Å². The number of hydrogen-bond donors (Lipinski definition) is 1. The fraction of sp³-hybridized carbons (Fsp3) is 0.923. The van der Waals surface area contributed by atoms with Crippen LogP contribution in [0, 0.1) is 11.3 Å². The largest absolute Gasteiger partial charge is 0.352 e. The summed E-state index contributed by atoms with van der Waals surface area (Å²) in [6.07, 6.45) is 15.1. The predicted octanol–water partition coefficient (Wildman–Crippen LogP) is 6.47. The molecular weight excluding hydrogens is 372 g/mol. The first-order chi connectivity index (χ1) is 14.3. The van der Waals surface area contributed by atoms with Crippen LogP contribution in [-0.4, -0.2) is 34.8 Å². The van der Waals surface area contributed by atoms with Gasteiger partial charge in [0.05, 0.1) is 0 Å². The highest BCUT2D eigenvalue weighted by atomic mass is 16.2. The smallest absolute Gasteiger partial charge is 0.243 e. The van der Waals surface area contributed by atoms with E-state index in [9.17, 15) is 9.59 Å². The molecule has 2 rings (SSSR count). The maximum absolute atomic E-state index is 13.7. The third-order valence-electron chi connectivity index (χ3n) is 7.08. The van der Waals surface area contributed by atoms with Crippen molar-refractivity contribution in [2.45, 2.75) is 143 Å². The normalized spacial score (nSPS) is 21.1. The van der Waals surface area contributed by atoms with E-state index in [0.29, 0.717) is 12.3 Å². The SMILES string of the molecule is CCCC(CC)NC(=O)C(C1CCCCC1)N(C(=O)CC(C)(C)C)C1CCCCC1.[HH]. The van der Waals surface area contributed by atoms with E-state index in [-0.39, 0.29) is 36.8 Å². The molecule has 2 atom stereocenters. The molecule has 0 aromatic heterocycles. The molecule has 4 nitrogen and oxygen atoms in total. The molecule has 2 amide bonds. The zero-order chi connectivity index (χ0) is 22.1. The van der Waals surface area contributed by atoms with E-state index >= 15 is 0 Å². The van der Waals surface area contributed by atoms with Gasteiger partial charge in [-0.2, -0.15) is 0 Å². The van der Waals surface area contributed by atoms with Crippen molar-refractivity contribution in [3.63, 3.8) is 0 Å². The maximum Gasteiger partial charge on any atom is 0.243 e. The van der Waals surface area contributed by atoms with E-state index in [1.165, 1.54) is 38.5 Å². The average molecular weight is 423 g/mol. The maximum atomic E-state index is 13.7. The fourth-order valence-corrected chi connectivity index (χ4v) is 5.52. The standard InChI is InChI=1S/C26H48N2O2.H2/c1-6-14-21(7-2)27-25(30)24(20-15-10-8-11-16-20)28(22-17-12-9-13-18-22)23(29)19-26(3,4)5;/h20-22,24H,6-19H2,1-5H3,(H,27,30);1H. The highest BCUT2D eigenvalue weighted by Crippen LogP contribution is 2.35. The Morgan fingerprint density at radius 3 is 2.03 bits per heavy atom. The van der Waals surface area contributed by atoms with E-state index in [2.05, 4.69) is 44.8 Å². The van der Waals surface area contributed by atoms with Crippen molar-refractivity contribution >= 4 is 11.8 Å². The molecular formula is C26H50N2O2. The Morgan fingerprint density at radius 2 is 1.53 bits per heavy atom. The quantitative estimate of drug-likeness (QED) is 0.462. The lowest BCUT2D eigenvalue weighted by atomic mass is 9.80. The highest BCUT2D eigenvalue weighted by molar-refractivity contribution is 5.88. The Hall–Kier alpha value is -1.06. The molecule has 4 heteroatoms. The number of nitrogens with zero attached hydrogens (tertiary/aromatic N) is 1. The molecule has 1 N–H and O–H groups in total. The van der Waals surface area contributed by atoms with Crippen molar-refractivity contribution in [3.8, 4) is 0 Å². The van der Waals surface area contributed by atoms with Crippen molar-refractivity contribution in [2.75, 3.05) is 0 Å². The van der Waals surface area contributed by atoms with Crippen molar-refractivity contribution in [3.05, 3.63) is 0 Å². The molecule has 2 unspecified atom stereocenters. The van der Waals surface area contributed by atoms with Gasteiger partial charge < -0.3 is 10.2 Å². The van der Waals surface area contributed by atoms with Gasteiger partial charge in [-0.1, -0.05) is 79.6 Å². The first kappa shape index (κ1) is 25.2. The van der Waals surface area contributed by atoms with Crippen LogP contribution in [0.1, 0.15) is 126 Å². The number of rotatable bonds is 9. The zero-order valence-electron chi connectivity index (χ0n) is 20.5. The van der Waals surface area contributed by atoms with E-state index < -0.39 is 0 Å². The highest BCUT2D eigenvalue weighted by Gasteiger charge is 2.41. The van der Waals surface area contributed by atoms with Gasteiger partial charge in [0.1, 0.15) is 6.04 Å². The number of amides is 2. The summed E-state index contributed by atoms with van der Waals surface area (Å²) in [7, 11) is 0. The van der Waals surface area contributed by atoms with Gasteiger partial charge in [0, 0.05) is 19.9 Å². The summed E-state index contributed by atoms with van der Waals surface area (Å²) in [6, 6.07) is 0.172. The molecule has 2 saturated carbocycles. The van der Waals surface area contributed by atoms with E-state index in [0.717, 1.165) is 44.9 Å². The summed E-state index contributed by atoms with van der Waals surface area (Å²) >= 11 is 0. The van der Waals surface area contributed by atoms with Crippen LogP contribution in [0.4, 0.5) is 0 Å². The minimum atomic E-state index is -0.283. The van der Waals surface area contributed by atoms with Crippen LogP contribution in [0.15, 0.2) is 0 Å². The van der Waals surface area contributed by atoms with Crippen molar-refractivity contribution in [1.29, 1.82) is 0 Å². The third-order valence-corrected chi connectivity index (χ3v) is 7.08. The molecule has 0 spiro atoms. The van der Waals surface area contributed by atoms with Crippen LogP contribution in [0.3, 0.4) is 0 Å². The van der Waals surface area contributed by atoms with Gasteiger partial charge >= 0.3 is 0 Å². The molecule has 0 heterocycles. The average Bonchev–Trinajstić information content (AvgIpc) is 2.71.